The molecule has 0 radical (unpaired) electrons. The molecule has 3 aromatic rings. The third-order valence-electron chi connectivity index (χ3n) is 3.16. The summed E-state index contributed by atoms with van der Waals surface area (Å²) < 4.78 is 1.68. The highest BCUT2D eigenvalue weighted by atomic mass is 16.1. The molecule has 2 N–H and O–H groups in total. The Hall–Kier alpha value is -2.70. The molecule has 0 bridgehead atoms. The number of carbonyl (C=O) groups is 1. The highest BCUT2D eigenvalue weighted by Crippen LogP contribution is 2.13. The van der Waals surface area contributed by atoms with Crippen LogP contribution in [-0.4, -0.2) is 37.2 Å². The third-order valence-corrected chi connectivity index (χ3v) is 3.16. The number of aromatic nitrogens is 5. The van der Waals surface area contributed by atoms with Gasteiger partial charge in [0.15, 0.2) is 0 Å². The minimum absolute atomic E-state index is 0.00861. The number of aryl methyl sites for hydroxylation is 1. The van der Waals surface area contributed by atoms with Gasteiger partial charge < -0.3 is 10.3 Å². The fraction of sp³-hybridized carbons (Fsp3) is 0.286. The van der Waals surface area contributed by atoms with Crippen LogP contribution in [0, 0.1) is 6.92 Å². The van der Waals surface area contributed by atoms with Gasteiger partial charge in [0, 0.05) is 6.54 Å². The Morgan fingerprint density at radius 2 is 2.33 bits per heavy atom. The van der Waals surface area contributed by atoms with Gasteiger partial charge in [-0.1, -0.05) is 6.07 Å². The number of rotatable bonds is 5. The molecule has 2 aromatic heterocycles. The summed E-state index contributed by atoms with van der Waals surface area (Å²) in [5.74, 6) is 0.866. The second kappa shape index (κ2) is 5.74. The molecule has 0 aliphatic rings. The molecule has 0 spiro atoms. The first-order chi connectivity index (χ1) is 10.2. The molecule has 1 aromatic carbocycles. The number of hydrogen-bond donors (Lipinski definition) is 2. The molecule has 0 aliphatic carbocycles. The van der Waals surface area contributed by atoms with E-state index in [1.54, 1.807) is 11.0 Å². The average molecular weight is 284 g/mol. The van der Waals surface area contributed by atoms with Gasteiger partial charge in [-0.2, -0.15) is 5.10 Å². The summed E-state index contributed by atoms with van der Waals surface area (Å²) in [5.41, 5.74) is 2.84. The molecular weight excluding hydrogens is 268 g/mol. The van der Waals surface area contributed by atoms with Crippen molar-refractivity contribution in [2.45, 2.75) is 19.9 Å². The molecule has 2 heterocycles. The Morgan fingerprint density at radius 1 is 1.43 bits per heavy atom. The predicted molar refractivity (Wildman–Crippen MR) is 77.6 cm³/mol. The summed E-state index contributed by atoms with van der Waals surface area (Å²) >= 11 is 0. The second-order valence-corrected chi connectivity index (χ2v) is 4.86. The number of hydrogen-bond acceptors (Lipinski definition) is 4. The van der Waals surface area contributed by atoms with Gasteiger partial charge in [0.25, 0.3) is 0 Å². The lowest BCUT2D eigenvalue weighted by Gasteiger charge is -2.05. The molecule has 0 saturated heterocycles. The maximum Gasteiger partial charge on any atom is 0.224 e. The van der Waals surface area contributed by atoms with Gasteiger partial charge >= 0.3 is 0 Å². The van der Waals surface area contributed by atoms with Crippen LogP contribution < -0.4 is 5.32 Å². The van der Waals surface area contributed by atoms with Gasteiger partial charge in [-0.05, 0) is 24.6 Å². The van der Waals surface area contributed by atoms with Crippen molar-refractivity contribution in [1.29, 1.82) is 0 Å². The molecule has 0 atom stereocenters. The molecule has 0 saturated carbocycles. The fourth-order valence-corrected chi connectivity index (χ4v) is 2.20. The van der Waals surface area contributed by atoms with Crippen LogP contribution in [0.2, 0.25) is 0 Å². The zero-order valence-corrected chi connectivity index (χ0v) is 11.7. The maximum absolute atomic E-state index is 11.9. The minimum Gasteiger partial charge on any atom is -0.354 e. The van der Waals surface area contributed by atoms with Crippen LogP contribution in [-0.2, 0) is 17.8 Å². The molecular formula is C14H16N6O. The van der Waals surface area contributed by atoms with Crippen molar-refractivity contribution in [2.75, 3.05) is 6.54 Å². The van der Waals surface area contributed by atoms with Crippen molar-refractivity contribution in [3.05, 3.63) is 42.2 Å². The lowest BCUT2D eigenvalue weighted by Crippen LogP contribution is -2.28. The van der Waals surface area contributed by atoms with Gasteiger partial charge in [-0.3, -0.25) is 9.48 Å². The summed E-state index contributed by atoms with van der Waals surface area (Å²) in [6.07, 6.45) is 3.45. The van der Waals surface area contributed by atoms with Crippen molar-refractivity contribution in [3.63, 3.8) is 0 Å². The molecule has 1 amide bonds. The Bertz CT molecular complexity index is 746. The number of amides is 1. The molecule has 0 fully saturated rings. The lowest BCUT2D eigenvalue weighted by atomic mass is 10.1. The summed E-state index contributed by atoms with van der Waals surface area (Å²) in [7, 11) is 0. The lowest BCUT2D eigenvalue weighted by molar-refractivity contribution is -0.120. The highest BCUT2D eigenvalue weighted by molar-refractivity contribution is 5.81. The Labute approximate surface area is 121 Å². The minimum atomic E-state index is -0.00861. The number of fused-ring (bicyclic) bond motifs is 1. The standard InChI is InChI=1S/C14H16N6O/c1-10-18-12-3-2-11(6-13(12)19-10)7-14(21)16-4-5-20-9-15-8-17-20/h2-3,6,8-9H,4-5,7H2,1H3,(H,16,21)(H,18,19). The monoisotopic (exact) mass is 284 g/mol. The highest BCUT2D eigenvalue weighted by Gasteiger charge is 2.06. The van der Waals surface area contributed by atoms with Gasteiger partial charge in [-0.15, -0.1) is 0 Å². The number of nitrogens with one attached hydrogen (secondary N) is 2. The van der Waals surface area contributed by atoms with Crippen LogP contribution in [0.15, 0.2) is 30.9 Å². The van der Waals surface area contributed by atoms with Crippen LogP contribution in [0.3, 0.4) is 0 Å². The van der Waals surface area contributed by atoms with Crippen LogP contribution >= 0.6 is 0 Å². The number of aromatic amines is 1. The van der Waals surface area contributed by atoms with E-state index >= 15 is 0 Å². The van der Waals surface area contributed by atoms with E-state index in [2.05, 4.69) is 25.4 Å². The maximum atomic E-state index is 11.9. The zero-order valence-electron chi connectivity index (χ0n) is 11.7. The zero-order chi connectivity index (χ0) is 14.7. The van der Waals surface area contributed by atoms with Crippen molar-refractivity contribution in [1.82, 2.24) is 30.0 Å². The van der Waals surface area contributed by atoms with E-state index in [0.717, 1.165) is 22.4 Å². The summed E-state index contributed by atoms with van der Waals surface area (Å²) in [4.78, 5) is 23.3. The molecule has 7 nitrogen and oxygen atoms in total. The smallest absolute Gasteiger partial charge is 0.224 e. The number of carbonyl (C=O) groups excluding carboxylic acids is 1. The SMILES string of the molecule is Cc1nc2ccc(CC(=O)NCCn3cncn3)cc2[nH]1. The number of imidazole rings is 1. The van der Waals surface area contributed by atoms with Crippen LogP contribution in [0.25, 0.3) is 11.0 Å². The largest absolute Gasteiger partial charge is 0.354 e. The summed E-state index contributed by atoms with van der Waals surface area (Å²) in [6.45, 7) is 3.06. The topological polar surface area (TPSA) is 88.5 Å². The molecule has 7 heteroatoms. The first-order valence-corrected chi connectivity index (χ1v) is 6.75. The van der Waals surface area contributed by atoms with Crippen molar-refractivity contribution in [3.8, 4) is 0 Å². The van der Waals surface area contributed by atoms with Crippen molar-refractivity contribution in [2.24, 2.45) is 0 Å². The van der Waals surface area contributed by atoms with E-state index < -0.39 is 0 Å². The molecule has 21 heavy (non-hydrogen) atoms. The van der Waals surface area contributed by atoms with Crippen LogP contribution in [0.5, 0.6) is 0 Å². The predicted octanol–water partition coefficient (Wildman–Crippen LogP) is 0.822. The molecule has 108 valence electrons. The molecule has 0 aliphatic heterocycles. The quantitative estimate of drug-likeness (QED) is 0.726. The number of nitrogens with zero attached hydrogens (tertiary/aromatic N) is 4. The van der Waals surface area contributed by atoms with Crippen LogP contribution in [0.1, 0.15) is 11.4 Å². The van der Waals surface area contributed by atoms with Crippen LogP contribution in [0.4, 0.5) is 0 Å². The first kappa shape index (κ1) is 13.3. The fourth-order valence-electron chi connectivity index (χ4n) is 2.20. The number of benzene rings is 1. The number of H-pyrrole nitrogens is 1. The van der Waals surface area contributed by atoms with Gasteiger partial charge in [0.05, 0.1) is 24.0 Å². The second-order valence-electron chi connectivity index (χ2n) is 4.86. The normalized spacial score (nSPS) is 10.9. The first-order valence-electron chi connectivity index (χ1n) is 6.75. The average Bonchev–Trinajstić information content (AvgIpc) is 3.06. The van der Waals surface area contributed by atoms with E-state index in [4.69, 9.17) is 0 Å². The molecule has 0 unspecified atom stereocenters. The van der Waals surface area contributed by atoms with Gasteiger partial charge in [0.1, 0.15) is 18.5 Å². The Balaban J connectivity index is 1.55. The van der Waals surface area contributed by atoms with E-state index in [9.17, 15) is 4.79 Å². The van der Waals surface area contributed by atoms with E-state index in [1.807, 2.05) is 25.1 Å². The van der Waals surface area contributed by atoms with E-state index in [1.165, 1.54) is 6.33 Å². The van der Waals surface area contributed by atoms with E-state index in [0.29, 0.717) is 19.5 Å². The molecule has 3 rings (SSSR count). The summed E-state index contributed by atoms with van der Waals surface area (Å²) in [6, 6.07) is 5.82. The van der Waals surface area contributed by atoms with Gasteiger partial charge in [-0.25, -0.2) is 9.97 Å². The van der Waals surface area contributed by atoms with E-state index in [-0.39, 0.29) is 5.91 Å². The van der Waals surface area contributed by atoms with Crippen molar-refractivity contribution >= 4 is 16.9 Å². The van der Waals surface area contributed by atoms with Gasteiger partial charge in [0.2, 0.25) is 5.91 Å². The Kier molecular flexibility index (Phi) is 3.63. The Morgan fingerprint density at radius 3 is 3.14 bits per heavy atom. The van der Waals surface area contributed by atoms with Crippen molar-refractivity contribution < 1.29 is 4.79 Å². The summed E-state index contributed by atoms with van der Waals surface area (Å²) in [5, 5.41) is 6.85. The third kappa shape index (κ3) is 3.25.